The van der Waals surface area contributed by atoms with E-state index in [9.17, 15) is 14.4 Å². The fourth-order valence-electron chi connectivity index (χ4n) is 2.09. The molecule has 0 saturated heterocycles. The standard InChI is InChI=1S/C16H23N3O3S/c1-10(2)14(19-13(20)9-23)16(22)18-12(15(17)21)8-11-6-4-3-5-7-11/h3-7,10,12,14,23H,8-9H2,1-2H3,(H2,17,21)(H,18,22)(H,19,20)/t12-,14-/m0/s1. The van der Waals surface area contributed by atoms with Crippen LogP contribution >= 0.6 is 12.6 Å². The van der Waals surface area contributed by atoms with Crippen LogP contribution in [0.3, 0.4) is 0 Å². The van der Waals surface area contributed by atoms with Crippen LogP contribution in [0, 0.1) is 5.92 Å². The molecule has 2 atom stereocenters. The number of hydrogen-bond donors (Lipinski definition) is 4. The van der Waals surface area contributed by atoms with Crippen LogP contribution in [0.4, 0.5) is 0 Å². The fraction of sp³-hybridized carbons (Fsp3) is 0.438. The Labute approximate surface area is 141 Å². The van der Waals surface area contributed by atoms with E-state index in [4.69, 9.17) is 5.73 Å². The average Bonchev–Trinajstić information content (AvgIpc) is 2.52. The SMILES string of the molecule is CC(C)[C@H](NC(=O)CS)C(=O)N[C@@H](Cc1ccccc1)C(N)=O. The van der Waals surface area contributed by atoms with Crippen molar-refractivity contribution in [2.24, 2.45) is 11.7 Å². The van der Waals surface area contributed by atoms with Crippen molar-refractivity contribution in [2.75, 3.05) is 5.75 Å². The third kappa shape index (κ3) is 6.32. The minimum Gasteiger partial charge on any atom is -0.368 e. The Morgan fingerprint density at radius 2 is 1.74 bits per heavy atom. The molecule has 0 spiro atoms. The molecule has 126 valence electrons. The molecule has 0 aliphatic carbocycles. The van der Waals surface area contributed by atoms with Crippen molar-refractivity contribution < 1.29 is 14.4 Å². The van der Waals surface area contributed by atoms with Crippen LogP contribution in [0.25, 0.3) is 0 Å². The molecule has 0 aromatic heterocycles. The van der Waals surface area contributed by atoms with Crippen molar-refractivity contribution in [3.63, 3.8) is 0 Å². The van der Waals surface area contributed by atoms with Gasteiger partial charge >= 0.3 is 0 Å². The summed E-state index contributed by atoms with van der Waals surface area (Å²) < 4.78 is 0. The molecular weight excluding hydrogens is 314 g/mol. The van der Waals surface area contributed by atoms with Gasteiger partial charge in [-0.2, -0.15) is 12.6 Å². The molecule has 6 nitrogen and oxygen atoms in total. The summed E-state index contributed by atoms with van der Waals surface area (Å²) in [5.41, 5.74) is 6.27. The first kappa shape index (κ1) is 19.0. The van der Waals surface area contributed by atoms with E-state index in [1.165, 1.54) is 0 Å². The average molecular weight is 337 g/mol. The Morgan fingerprint density at radius 1 is 1.13 bits per heavy atom. The van der Waals surface area contributed by atoms with Gasteiger partial charge in [-0.05, 0) is 11.5 Å². The van der Waals surface area contributed by atoms with Gasteiger partial charge in [-0.25, -0.2) is 0 Å². The molecule has 0 bridgehead atoms. The summed E-state index contributed by atoms with van der Waals surface area (Å²) in [6.45, 7) is 3.61. The van der Waals surface area contributed by atoms with E-state index >= 15 is 0 Å². The number of rotatable bonds is 8. The lowest BCUT2D eigenvalue weighted by Crippen LogP contribution is -2.55. The first-order valence-corrected chi connectivity index (χ1v) is 8.02. The van der Waals surface area contributed by atoms with Crippen molar-refractivity contribution in [3.8, 4) is 0 Å². The normalized spacial score (nSPS) is 13.2. The lowest BCUT2D eigenvalue weighted by molar-refractivity contribution is -0.131. The molecule has 4 N–H and O–H groups in total. The quantitative estimate of drug-likeness (QED) is 0.512. The Morgan fingerprint density at radius 3 is 2.22 bits per heavy atom. The van der Waals surface area contributed by atoms with Gasteiger partial charge in [-0.3, -0.25) is 14.4 Å². The van der Waals surface area contributed by atoms with Gasteiger partial charge in [0, 0.05) is 6.42 Å². The van der Waals surface area contributed by atoms with Crippen molar-refractivity contribution in [1.82, 2.24) is 10.6 Å². The van der Waals surface area contributed by atoms with Gasteiger partial charge in [0.2, 0.25) is 17.7 Å². The van der Waals surface area contributed by atoms with Gasteiger partial charge < -0.3 is 16.4 Å². The summed E-state index contributed by atoms with van der Waals surface area (Å²) in [5, 5.41) is 5.22. The molecule has 1 aromatic carbocycles. The number of carbonyl (C=O) groups is 3. The summed E-state index contributed by atoms with van der Waals surface area (Å²) in [6, 6.07) is 7.68. The zero-order valence-electron chi connectivity index (χ0n) is 13.3. The van der Waals surface area contributed by atoms with Gasteiger partial charge in [-0.1, -0.05) is 44.2 Å². The molecule has 23 heavy (non-hydrogen) atoms. The van der Waals surface area contributed by atoms with Gasteiger partial charge in [-0.15, -0.1) is 0 Å². The predicted molar refractivity (Wildman–Crippen MR) is 91.9 cm³/mol. The molecule has 3 amide bonds. The second kappa shape index (κ2) is 9.19. The van der Waals surface area contributed by atoms with Crippen LogP contribution in [0.1, 0.15) is 19.4 Å². The first-order valence-electron chi connectivity index (χ1n) is 7.39. The highest BCUT2D eigenvalue weighted by Crippen LogP contribution is 2.06. The Balaban J connectivity index is 2.79. The molecule has 0 radical (unpaired) electrons. The minimum atomic E-state index is -0.834. The summed E-state index contributed by atoms with van der Waals surface area (Å²) >= 11 is 3.88. The lowest BCUT2D eigenvalue weighted by Gasteiger charge is -2.24. The van der Waals surface area contributed by atoms with E-state index < -0.39 is 23.9 Å². The molecular formula is C16H23N3O3S. The van der Waals surface area contributed by atoms with Crippen LogP contribution in [0.15, 0.2) is 30.3 Å². The molecule has 1 aromatic rings. The maximum absolute atomic E-state index is 12.4. The summed E-state index contributed by atoms with van der Waals surface area (Å²) in [5.74, 6) is -1.55. The molecule has 0 heterocycles. The molecule has 0 aliphatic rings. The molecule has 0 unspecified atom stereocenters. The maximum atomic E-state index is 12.4. The summed E-state index contributed by atoms with van der Waals surface area (Å²) in [7, 11) is 0. The van der Waals surface area contributed by atoms with Gasteiger partial charge in [0.25, 0.3) is 0 Å². The molecule has 0 saturated carbocycles. The Kier molecular flexibility index (Phi) is 7.61. The summed E-state index contributed by atoms with van der Waals surface area (Å²) in [4.78, 5) is 35.5. The topological polar surface area (TPSA) is 101 Å². The first-order chi connectivity index (χ1) is 10.8. The van der Waals surface area contributed by atoms with Gasteiger partial charge in [0.1, 0.15) is 12.1 Å². The number of nitrogens with two attached hydrogens (primary N) is 1. The second-order valence-corrected chi connectivity index (χ2v) is 5.92. The Bertz CT molecular complexity index is 549. The smallest absolute Gasteiger partial charge is 0.243 e. The van der Waals surface area contributed by atoms with Gasteiger partial charge in [0.15, 0.2) is 0 Å². The fourth-order valence-corrected chi connectivity index (χ4v) is 2.18. The third-order valence-electron chi connectivity index (χ3n) is 3.35. The number of nitrogens with one attached hydrogen (secondary N) is 2. The largest absolute Gasteiger partial charge is 0.368 e. The van der Waals surface area contributed by atoms with Crippen molar-refractivity contribution in [3.05, 3.63) is 35.9 Å². The number of amides is 3. The Hall–Kier alpha value is -2.02. The van der Waals surface area contributed by atoms with E-state index in [2.05, 4.69) is 23.3 Å². The van der Waals surface area contributed by atoms with Crippen LogP contribution in [-0.2, 0) is 20.8 Å². The number of benzene rings is 1. The number of carbonyl (C=O) groups excluding carboxylic acids is 3. The van der Waals surface area contributed by atoms with E-state index in [1.54, 1.807) is 13.8 Å². The third-order valence-corrected chi connectivity index (χ3v) is 3.64. The van der Waals surface area contributed by atoms with Crippen LogP contribution in [0.5, 0.6) is 0 Å². The van der Waals surface area contributed by atoms with Crippen LogP contribution in [0.2, 0.25) is 0 Å². The van der Waals surface area contributed by atoms with E-state index in [0.717, 1.165) is 5.56 Å². The number of primary amides is 1. The monoisotopic (exact) mass is 337 g/mol. The zero-order valence-corrected chi connectivity index (χ0v) is 14.2. The van der Waals surface area contributed by atoms with E-state index in [1.807, 2.05) is 30.3 Å². The van der Waals surface area contributed by atoms with E-state index in [-0.39, 0.29) is 17.6 Å². The van der Waals surface area contributed by atoms with Crippen LogP contribution < -0.4 is 16.4 Å². The highest BCUT2D eigenvalue weighted by molar-refractivity contribution is 7.81. The van der Waals surface area contributed by atoms with Crippen molar-refractivity contribution >= 4 is 30.4 Å². The molecule has 1 rings (SSSR count). The highest BCUT2D eigenvalue weighted by Gasteiger charge is 2.27. The lowest BCUT2D eigenvalue weighted by atomic mass is 10.0. The van der Waals surface area contributed by atoms with Crippen LogP contribution in [-0.4, -0.2) is 35.6 Å². The van der Waals surface area contributed by atoms with Crippen molar-refractivity contribution in [1.29, 1.82) is 0 Å². The maximum Gasteiger partial charge on any atom is 0.243 e. The zero-order chi connectivity index (χ0) is 17.4. The number of thiol groups is 1. The van der Waals surface area contributed by atoms with E-state index in [0.29, 0.717) is 6.42 Å². The summed E-state index contributed by atoms with van der Waals surface area (Å²) in [6.07, 6.45) is 0.299. The highest BCUT2D eigenvalue weighted by atomic mass is 32.1. The van der Waals surface area contributed by atoms with Gasteiger partial charge in [0.05, 0.1) is 5.75 Å². The predicted octanol–water partition coefficient (Wildman–Crippen LogP) is 0.270. The molecule has 0 aliphatic heterocycles. The molecule has 0 fully saturated rings. The van der Waals surface area contributed by atoms with Crippen molar-refractivity contribution in [2.45, 2.75) is 32.4 Å². The number of hydrogen-bond acceptors (Lipinski definition) is 4. The molecule has 7 heteroatoms. The second-order valence-electron chi connectivity index (χ2n) is 5.60. The minimum absolute atomic E-state index is 0.0141.